The number of rotatable bonds is 6. The Morgan fingerprint density at radius 2 is 1.62 bits per heavy atom. The van der Waals surface area contributed by atoms with E-state index in [0.29, 0.717) is 0 Å². The molecule has 1 aliphatic rings. The Hall–Kier alpha value is -1.15. The van der Waals surface area contributed by atoms with E-state index in [4.69, 9.17) is 13.9 Å². The van der Waals surface area contributed by atoms with Gasteiger partial charge in [0.15, 0.2) is 0 Å². The zero-order valence-electron chi connectivity index (χ0n) is 14.7. The summed E-state index contributed by atoms with van der Waals surface area (Å²) in [5, 5.41) is 0. The van der Waals surface area contributed by atoms with Crippen LogP contribution in [-0.2, 0) is 25.8 Å². The molecule has 7 heteroatoms. The summed E-state index contributed by atoms with van der Waals surface area (Å²) in [4.78, 5) is -0.0769. The number of allylic oxidation sites excluding steroid dienone is 1. The Bertz CT molecular complexity index is 676. The summed E-state index contributed by atoms with van der Waals surface area (Å²) < 4.78 is 42.7. The smallest absolute Gasteiger partial charge is 0.400 e. The maximum absolute atomic E-state index is 11.0. The second-order valence-corrected chi connectivity index (χ2v) is 8.49. The van der Waals surface area contributed by atoms with E-state index in [1.165, 1.54) is 12.1 Å². The minimum Gasteiger partial charge on any atom is -0.400 e. The van der Waals surface area contributed by atoms with Gasteiger partial charge < -0.3 is 9.31 Å². The van der Waals surface area contributed by atoms with Crippen LogP contribution in [0.5, 0.6) is 0 Å². The fourth-order valence-corrected chi connectivity index (χ4v) is 2.91. The first-order valence-corrected chi connectivity index (χ1v) is 9.54. The van der Waals surface area contributed by atoms with E-state index in [1.54, 1.807) is 12.1 Å². The van der Waals surface area contributed by atoms with E-state index in [-0.39, 0.29) is 23.2 Å². The molecule has 1 aromatic rings. The van der Waals surface area contributed by atoms with E-state index >= 15 is 0 Å². The number of hydrogen-bond acceptors (Lipinski definition) is 4. The molecule has 24 heavy (non-hydrogen) atoms. The molecule has 0 radical (unpaired) electrons. The highest BCUT2D eigenvalue weighted by atomic mass is 32.2. The van der Waals surface area contributed by atoms with Gasteiger partial charge in [-0.25, -0.2) is 0 Å². The first-order chi connectivity index (χ1) is 11.0. The van der Waals surface area contributed by atoms with Gasteiger partial charge in [-0.1, -0.05) is 24.2 Å². The minimum absolute atomic E-state index is 0.0769. The summed E-state index contributed by atoms with van der Waals surface area (Å²) >= 11 is 0. The second kappa shape index (κ2) is 7.00. The monoisotopic (exact) mass is 352 g/mol. The van der Waals surface area contributed by atoms with Crippen molar-refractivity contribution in [2.45, 2.75) is 63.1 Å². The summed E-state index contributed by atoms with van der Waals surface area (Å²) in [6.45, 7) is 8.10. The van der Waals surface area contributed by atoms with E-state index in [1.807, 2.05) is 33.7 Å². The molecule has 5 nitrogen and oxygen atoms in total. The van der Waals surface area contributed by atoms with Gasteiger partial charge in [-0.05, 0) is 64.7 Å². The lowest BCUT2D eigenvalue weighted by Gasteiger charge is -2.32. The van der Waals surface area contributed by atoms with Gasteiger partial charge in [0.1, 0.15) is 0 Å². The van der Waals surface area contributed by atoms with Crippen molar-refractivity contribution in [3.05, 3.63) is 41.9 Å². The lowest BCUT2D eigenvalue weighted by molar-refractivity contribution is 0.00578. The van der Waals surface area contributed by atoms with Gasteiger partial charge in [-0.2, -0.15) is 8.42 Å². The van der Waals surface area contributed by atoms with Crippen molar-refractivity contribution < 1.29 is 22.3 Å². The highest BCUT2D eigenvalue weighted by molar-refractivity contribution is 7.85. The van der Waals surface area contributed by atoms with Crippen molar-refractivity contribution in [3.63, 3.8) is 0 Å². The summed E-state index contributed by atoms with van der Waals surface area (Å²) in [7, 11) is -4.43. The van der Waals surface area contributed by atoms with Crippen LogP contribution in [0.2, 0.25) is 0 Å². The highest BCUT2D eigenvalue weighted by Gasteiger charge is 2.49. The van der Waals surface area contributed by atoms with Crippen LogP contribution >= 0.6 is 0 Å². The molecule has 0 bridgehead atoms. The highest BCUT2D eigenvalue weighted by Crippen LogP contribution is 2.36. The van der Waals surface area contributed by atoms with Gasteiger partial charge in [0.25, 0.3) is 10.1 Å². The van der Waals surface area contributed by atoms with Crippen LogP contribution in [0.3, 0.4) is 0 Å². The molecule has 1 heterocycles. The van der Waals surface area contributed by atoms with E-state index in [0.717, 1.165) is 24.8 Å². The largest absolute Gasteiger partial charge is 0.486 e. The normalized spacial score (nSPS) is 20.0. The molecule has 0 aromatic heterocycles. The van der Waals surface area contributed by atoms with Crippen molar-refractivity contribution >= 4 is 17.2 Å². The van der Waals surface area contributed by atoms with Crippen molar-refractivity contribution in [3.8, 4) is 0 Å². The maximum Gasteiger partial charge on any atom is 0.486 e. The standard InChI is InChI=1S/C17H25BO5S/c1-16(2)17(3,4)23-18(22-16)13-7-5-6-8-14-9-11-15(12-10-14)24(19,20)21/h7,9-13H,5-6,8H2,1-4H3,(H,19,20,21). The molecule has 0 saturated carbocycles. The summed E-state index contributed by atoms with van der Waals surface area (Å²) in [6.07, 6.45) is 4.69. The Morgan fingerprint density at radius 1 is 1.08 bits per heavy atom. The molecule has 132 valence electrons. The van der Waals surface area contributed by atoms with Crippen molar-refractivity contribution in [1.29, 1.82) is 0 Å². The fraction of sp³-hybridized carbons (Fsp3) is 0.529. The van der Waals surface area contributed by atoms with Gasteiger partial charge in [0, 0.05) is 0 Å². The molecule has 0 spiro atoms. The molecule has 1 N–H and O–H groups in total. The lowest BCUT2D eigenvalue weighted by atomic mass is 9.89. The van der Waals surface area contributed by atoms with E-state index in [2.05, 4.69) is 6.08 Å². The predicted molar refractivity (Wildman–Crippen MR) is 94.4 cm³/mol. The van der Waals surface area contributed by atoms with Crippen LogP contribution in [0.4, 0.5) is 0 Å². The zero-order chi connectivity index (χ0) is 18.0. The third-order valence-corrected chi connectivity index (χ3v) is 5.49. The Labute approximate surface area is 144 Å². The number of hydrogen-bond donors (Lipinski definition) is 1. The molecule has 0 amide bonds. The van der Waals surface area contributed by atoms with Gasteiger partial charge >= 0.3 is 7.12 Å². The molecule has 1 aromatic carbocycles. The SMILES string of the molecule is CC1(C)OB(C=CCCCc2ccc(S(=O)(=O)O)cc2)OC1(C)C. The zero-order valence-corrected chi connectivity index (χ0v) is 15.5. The topological polar surface area (TPSA) is 72.8 Å². The van der Waals surface area contributed by atoms with Crippen LogP contribution < -0.4 is 0 Å². The molecule has 1 saturated heterocycles. The average Bonchev–Trinajstić information content (AvgIpc) is 2.66. The Balaban J connectivity index is 1.77. The summed E-state index contributed by atoms with van der Waals surface area (Å²) in [5.74, 6) is 1.94. The molecule has 0 aliphatic carbocycles. The molecule has 1 aliphatic heterocycles. The summed E-state index contributed by atoms with van der Waals surface area (Å²) in [5.41, 5.74) is 0.388. The maximum atomic E-state index is 11.0. The van der Waals surface area contributed by atoms with Crippen molar-refractivity contribution in [2.24, 2.45) is 0 Å². The lowest BCUT2D eigenvalue weighted by Crippen LogP contribution is -2.41. The molecule has 0 atom stereocenters. The summed E-state index contributed by atoms with van der Waals surface area (Å²) in [6, 6.07) is 6.29. The fourth-order valence-electron chi connectivity index (χ4n) is 2.43. The van der Waals surface area contributed by atoms with Gasteiger partial charge in [-0.15, -0.1) is 0 Å². The van der Waals surface area contributed by atoms with Crippen LogP contribution in [0.15, 0.2) is 41.2 Å². The Kier molecular flexibility index (Phi) is 5.59. The van der Waals surface area contributed by atoms with Crippen molar-refractivity contribution in [1.82, 2.24) is 0 Å². The van der Waals surface area contributed by atoms with E-state index in [9.17, 15) is 8.42 Å². The van der Waals surface area contributed by atoms with Gasteiger partial charge in [0.2, 0.25) is 0 Å². The second-order valence-electron chi connectivity index (χ2n) is 7.06. The third-order valence-electron chi connectivity index (χ3n) is 4.62. The van der Waals surface area contributed by atoms with Crippen LogP contribution in [-0.4, -0.2) is 31.3 Å². The number of unbranched alkanes of at least 4 members (excludes halogenated alkanes) is 1. The van der Waals surface area contributed by atoms with E-state index < -0.39 is 10.1 Å². The number of aryl methyl sites for hydroxylation is 1. The third kappa shape index (κ3) is 4.69. The van der Waals surface area contributed by atoms with Crippen molar-refractivity contribution in [2.75, 3.05) is 0 Å². The Morgan fingerprint density at radius 3 is 2.12 bits per heavy atom. The molecule has 0 unspecified atom stereocenters. The molecule has 2 rings (SSSR count). The number of benzene rings is 1. The molecular weight excluding hydrogens is 327 g/mol. The van der Waals surface area contributed by atoms with Gasteiger partial charge in [0.05, 0.1) is 16.1 Å². The van der Waals surface area contributed by atoms with Crippen LogP contribution in [0.25, 0.3) is 0 Å². The predicted octanol–water partition coefficient (Wildman–Crippen LogP) is 3.44. The van der Waals surface area contributed by atoms with Crippen LogP contribution in [0.1, 0.15) is 46.1 Å². The molecule has 1 fully saturated rings. The van der Waals surface area contributed by atoms with Gasteiger partial charge in [-0.3, -0.25) is 4.55 Å². The molecular formula is C17H25BO5S. The first kappa shape index (κ1) is 19.2. The minimum atomic E-state index is -4.12. The average molecular weight is 352 g/mol. The first-order valence-electron chi connectivity index (χ1n) is 8.10. The van der Waals surface area contributed by atoms with Crippen LogP contribution in [0, 0.1) is 0 Å². The quantitative estimate of drug-likeness (QED) is 0.482.